The van der Waals surface area contributed by atoms with Gasteiger partial charge in [-0.25, -0.2) is 9.97 Å². The van der Waals surface area contributed by atoms with E-state index in [-0.39, 0.29) is 17.5 Å². The first-order chi connectivity index (χ1) is 11.1. The van der Waals surface area contributed by atoms with Crippen molar-refractivity contribution in [3.05, 3.63) is 36.7 Å². The Bertz CT molecular complexity index is 676. The molecule has 2 aromatic heterocycles. The van der Waals surface area contributed by atoms with E-state index < -0.39 is 0 Å². The van der Waals surface area contributed by atoms with Crippen LogP contribution in [0.4, 0.5) is 11.5 Å². The zero-order valence-electron chi connectivity index (χ0n) is 12.7. The summed E-state index contributed by atoms with van der Waals surface area (Å²) < 4.78 is 4.78. The molecule has 2 amide bonds. The summed E-state index contributed by atoms with van der Waals surface area (Å²) in [6.07, 6.45) is 4.09. The van der Waals surface area contributed by atoms with E-state index in [1.54, 1.807) is 19.2 Å². The lowest BCUT2D eigenvalue weighted by Gasteiger charge is -2.34. The zero-order chi connectivity index (χ0) is 16.2. The van der Waals surface area contributed by atoms with Crippen LogP contribution in [-0.2, 0) is 4.79 Å². The molecule has 0 aromatic carbocycles. The molecular formula is C15H17N5O3. The number of oxazole rings is 1. The summed E-state index contributed by atoms with van der Waals surface area (Å²) in [5.74, 6) is 0.583. The highest BCUT2D eigenvalue weighted by Crippen LogP contribution is 2.16. The lowest BCUT2D eigenvalue weighted by atomic mass is 10.3. The Morgan fingerprint density at radius 1 is 1.17 bits per heavy atom. The van der Waals surface area contributed by atoms with Crippen molar-refractivity contribution in [2.24, 2.45) is 0 Å². The van der Waals surface area contributed by atoms with Crippen LogP contribution in [0.5, 0.6) is 0 Å². The summed E-state index contributed by atoms with van der Waals surface area (Å²) in [5.41, 5.74) is 0.804. The minimum absolute atomic E-state index is 0.100. The van der Waals surface area contributed by atoms with Crippen LogP contribution in [0.25, 0.3) is 0 Å². The topological polar surface area (TPSA) is 91.6 Å². The van der Waals surface area contributed by atoms with Gasteiger partial charge in [-0.3, -0.25) is 9.59 Å². The molecule has 0 radical (unpaired) electrons. The highest BCUT2D eigenvalue weighted by Gasteiger charge is 2.19. The van der Waals surface area contributed by atoms with Gasteiger partial charge in [0.05, 0.1) is 11.9 Å². The lowest BCUT2D eigenvalue weighted by Crippen LogP contribution is -2.48. The average Bonchev–Trinajstić information content (AvgIpc) is 3.10. The van der Waals surface area contributed by atoms with Gasteiger partial charge in [-0.05, 0) is 12.1 Å². The van der Waals surface area contributed by atoms with Crippen LogP contribution in [0.2, 0.25) is 0 Å². The molecule has 3 heterocycles. The molecule has 0 saturated carbocycles. The fraction of sp³-hybridized carbons (Fsp3) is 0.333. The largest absolute Gasteiger partial charge is 0.451 e. The molecule has 3 rings (SSSR count). The lowest BCUT2D eigenvalue weighted by molar-refractivity contribution is -0.129. The smallest absolute Gasteiger partial charge is 0.277 e. The second-order valence-corrected chi connectivity index (χ2v) is 5.23. The van der Waals surface area contributed by atoms with Gasteiger partial charge in [-0.15, -0.1) is 0 Å². The van der Waals surface area contributed by atoms with Crippen molar-refractivity contribution in [2.45, 2.75) is 6.92 Å². The van der Waals surface area contributed by atoms with Gasteiger partial charge < -0.3 is 19.5 Å². The number of hydrogen-bond donors (Lipinski definition) is 1. The summed E-state index contributed by atoms with van der Waals surface area (Å²) in [4.78, 5) is 35.3. The maximum absolute atomic E-state index is 11.9. The Morgan fingerprint density at radius 2 is 1.96 bits per heavy atom. The van der Waals surface area contributed by atoms with Crippen LogP contribution in [0, 0.1) is 0 Å². The summed E-state index contributed by atoms with van der Waals surface area (Å²) in [5, 5.41) is 2.70. The highest BCUT2D eigenvalue weighted by atomic mass is 16.3. The number of nitrogens with one attached hydrogen (secondary N) is 1. The van der Waals surface area contributed by atoms with Gasteiger partial charge in [0.2, 0.25) is 5.91 Å². The summed E-state index contributed by atoms with van der Waals surface area (Å²) in [7, 11) is 0. The molecule has 0 bridgehead atoms. The third-order valence-corrected chi connectivity index (χ3v) is 3.72. The summed E-state index contributed by atoms with van der Waals surface area (Å²) in [6.45, 7) is 4.47. The molecular weight excluding hydrogens is 298 g/mol. The fourth-order valence-corrected chi connectivity index (χ4v) is 2.42. The quantitative estimate of drug-likeness (QED) is 0.908. The first-order valence-corrected chi connectivity index (χ1v) is 7.29. The van der Waals surface area contributed by atoms with Crippen molar-refractivity contribution in [1.82, 2.24) is 14.9 Å². The number of amides is 2. The Labute approximate surface area is 133 Å². The fourth-order valence-electron chi connectivity index (χ4n) is 2.42. The van der Waals surface area contributed by atoms with Crippen LogP contribution in [0.1, 0.15) is 17.4 Å². The molecule has 1 fully saturated rings. The van der Waals surface area contributed by atoms with Crippen LogP contribution in [0.3, 0.4) is 0 Å². The number of carbonyl (C=O) groups is 2. The van der Waals surface area contributed by atoms with Gasteiger partial charge in [0.15, 0.2) is 12.1 Å². The van der Waals surface area contributed by atoms with E-state index >= 15 is 0 Å². The predicted molar refractivity (Wildman–Crippen MR) is 83.2 cm³/mol. The van der Waals surface area contributed by atoms with Crippen molar-refractivity contribution < 1.29 is 14.0 Å². The maximum Gasteiger partial charge on any atom is 0.277 e. The molecule has 2 aromatic rings. The second kappa shape index (κ2) is 6.47. The standard InChI is InChI=1S/C15H17N5O3/c1-11(21)19-4-6-20(7-5-19)14-3-2-12(8-16-14)18-15(22)13-9-23-10-17-13/h2-3,8-10H,4-7H2,1H3,(H,18,22). The van der Waals surface area contributed by atoms with E-state index in [1.165, 1.54) is 12.7 Å². The highest BCUT2D eigenvalue weighted by molar-refractivity contribution is 6.02. The number of pyridine rings is 1. The number of anilines is 2. The van der Waals surface area contributed by atoms with E-state index in [0.29, 0.717) is 18.8 Å². The van der Waals surface area contributed by atoms with Crippen LogP contribution in [-0.4, -0.2) is 52.9 Å². The first-order valence-electron chi connectivity index (χ1n) is 7.29. The van der Waals surface area contributed by atoms with Crippen LogP contribution < -0.4 is 10.2 Å². The molecule has 0 unspecified atom stereocenters. The molecule has 120 valence electrons. The van der Waals surface area contributed by atoms with Crippen molar-refractivity contribution in [3.63, 3.8) is 0 Å². The molecule has 0 aliphatic carbocycles. The second-order valence-electron chi connectivity index (χ2n) is 5.23. The average molecular weight is 315 g/mol. The van der Waals surface area contributed by atoms with Gasteiger partial charge in [0.1, 0.15) is 12.1 Å². The summed E-state index contributed by atoms with van der Waals surface area (Å²) in [6, 6.07) is 3.64. The van der Waals surface area contributed by atoms with E-state index in [9.17, 15) is 9.59 Å². The molecule has 23 heavy (non-hydrogen) atoms. The first kappa shape index (κ1) is 15.0. The van der Waals surface area contributed by atoms with E-state index in [1.807, 2.05) is 11.0 Å². The molecule has 8 nitrogen and oxygen atoms in total. The number of piperazine rings is 1. The third-order valence-electron chi connectivity index (χ3n) is 3.72. The van der Waals surface area contributed by atoms with E-state index in [4.69, 9.17) is 4.42 Å². The van der Waals surface area contributed by atoms with Crippen molar-refractivity contribution in [1.29, 1.82) is 0 Å². The van der Waals surface area contributed by atoms with Gasteiger partial charge in [-0.2, -0.15) is 0 Å². The monoisotopic (exact) mass is 315 g/mol. The van der Waals surface area contributed by atoms with E-state index in [2.05, 4.69) is 20.2 Å². The summed E-state index contributed by atoms with van der Waals surface area (Å²) >= 11 is 0. The van der Waals surface area contributed by atoms with Crippen molar-refractivity contribution in [3.8, 4) is 0 Å². The molecule has 8 heteroatoms. The van der Waals surface area contributed by atoms with Gasteiger partial charge in [0.25, 0.3) is 5.91 Å². The Morgan fingerprint density at radius 3 is 2.52 bits per heavy atom. The van der Waals surface area contributed by atoms with Crippen molar-refractivity contribution in [2.75, 3.05) is 36.4 Å². The van der Waals surface area contributed by atoms with Gasteiger partial charge in [-0.1, -0.05) is 0 Å². The minimum atomic E-state index is -0.344. The number of rotatable bonds is 3. The zero-order valence-corrected chi connectivity index (χ0v) is 12.7. The molecule has 1 aliphatic rings. The normalized spacial score (nSPS) is 14.7. The molecule has 1 aliphatic heterocycles. The minimum Gasteiger partial charge on any atom is -0.451 e. The SMILES string of the molecule is CC(=O)N1CCN(c2ccc(NC(=O)c3cocn3)cn2)CC1. The van der Waals surface area contributed by atoms with Crippen LogP contribution >= 0.6 is 0 Å². The maximum atomic E-state index is 11.9. The molecule has 1 saturated heterocycles. The van der Waals surface area contributed by atoms with E-state index in [0.717, 1.165) is 18.9 Å². The molecule has 0 atom stereocenters. The van der Waals surface area contributed by atoms with Gasteiger partial charge in [0, 0.05) is 33.1 Å². The third kappa shape index (κ3) is 3.47. The van der Waals surface area contributed by atoms with Gasteiger partial charge >= 0.3 is 0 Å². The Hall–Kier alpha value is -2.90. The van der Waals surface area contributed by atoms with Crippen LogP contribution in [0.15, 0.2) is 35.4 Å². The number of hydrogen-bond acceptors (Lipinski definition) is 6. The number of nitrogens with zero attached hydrogens (tertiary/aromatic N) is 4. The predicted octanol–water partition coefficient (Wildman–Crippen LogP) is 0.990. The molecule has 0 spiro atoms. The Balaban J connectivity index is 1.59. The molecule has 1 N–H and O–H groups in total. The number of carbonyl (C=O) groups excluding carboxylic acids is 2. The van der Waals surface area contributed by atoms with Crippen molar-refractivity contribution >= 4 is 23.3 Å². The number of aromatic nitrogens is 2. The Kier molecular flexibility index (Phi) is 4.22.